The van der Waals surface area contributed by atoms with E-state index >= 15 is 0 Å². The van der Waals surface area contributed by atoms with Crippen LogP contribution in [0.15, 0.2) is 96.0 Å². The van der Waals surface area contributed by atoms with Gasteiger partial charge in [-0.1, -0.05) is 136 Å². The Morgan fingerprint density at radius 2 is 1.35 bits per heavy atom. The summed E-state index contributed by atoms with van der Waals surface area (Å²) in [5, 5.41) is 9.74. The van der Waals surface area contributed by atoms with Crippen LogP contribution in [0.3, 0.4) is 0 Å². The van der Waals surface area contributed by atoms with Crippen molar-refractivity contribution in [3.05, 3.63) is 108 Å². The van der Waals surface area contributed by atoms with Crippen LogP contribution in [0.5, 0.6) is 0 Å². The summed E-state index contributed by atoms with van der Waals surface area (Å²) in [4.78, 5) is 14.8. The van der Waals surface area contributed by atoms with Crippen LogP contribution in [-0.4, -0.2) is 95.0 Å². The fourth-order valence-corrected chi connectivity index (χ4v) is 9.49. The number of nitrogens with two attached hydrogens (primary N) is 1. The zero-order valence-electron chi connectivity index (χ0n) is 30.8. The lowest BCUT2D eigenvalue weighted by Gasteiger charge is -2.37. The molecule has 0 spiro atoms. The molecule has 3 aromatic carbocycles. The minimum absolute atomic E-state index is 0.232. The van der Waals surface area contributed by atoms with Crippen molar-refractivity contribution in [1.29, 1.82) is 5.41 Å². The second-order valence-corrected chi connectivity index (χ2v) is 15.8. The maximum atomic E-state index is 9.74. The predicted molar refractivity (Wildman–Crippen MR) is 211 cm³/mol. The van der Waals surface area contributed by atoms with Crippen LogP contribution in [0.25, 0.3) is 0 Å². The van der Waals surface area contributed by atoms with Gasteiger partial charge in [0.2, 0.25) is 0 Å². The number of likely N-dealkylation sites (tertiary alicyclic amines) is 1. The molecular weight excluding hydrogens is 627 g/mol. The highest BCUT2D eigenvalue weighted by Crippen LogP contribution is 2.30. The largest absolute Gasteiger partial charge is 0.370 e. The van der Waals surface area contributed by atoms with Crippen molar-refractivity contribution in [3.8, 4) is 0 Å². The van der Waals surface area contributed by atoms with Crippen LogP contribution in [0.1, 0.15) is 80.9 Å². The second kappa shape index (κ2) is 17.6. The molecule has 1 saturated carbocycles. The molecule has 0 amide bonds. The van der Waals surface area contributed by atoms with Gasteiger partial charge in [0.25, 0.3) is 0 Å². The molecule has 4 atom stereocenters. The molecule has 51 heavy (non-hydrogen) atoms. The molecule has 3 heterocycles. The summed E-state index contributed by atoms with van der Waals surface area (Å²) in [6.07, 6.45) is 16.2. The number of unbranched alkanes of at least 4 members (excludes halogenated alkanes) is 1. The molecule has 7 rings (SSSR count). The molecule has 7 heteroatoms. The van der Waals surface area contributed by atoms with E-state index in [-0.39, 0.29) is 6.04 Å². The fourth-order valence-electron chi connectivity index (χ4n) is 9.49. The van der Waals surface area contributed by atoms with Crippen LogP contribution >= 0.6 is 0 Å². The number of hydrogen-bond acceptors (Lipinski definition) is 5. The average molecular weight is 688 g/mol. The van der Waals surface area contributed by atoms with Gasteiger partial charge in [-0.25, -0.2) is 0 Å². The van der Waals surface area contributed by atoms with Gasteiger partial charge >= 0.3 is 0 Å². The number of guanidine groups is 2. The summed E-state index contributed by atoms with van der Waals surface area (Å²) < 4.78 is 0. The molecule has 0 aromatic heterocycles. The van der Waals surface area contributed by atoms with Gasteiger partial charge in [-0.3, -0.25) is 15.3 Å². The smallest absolute Gasteiger partial charge is 0.194 e. The normalized spacial score (nSPS) is 23.7. The Balaban J connectivity index is 1.06. The van der Waals surface area contributed by atoms with Crippen molar-refractivity contribution >= 4 is 11.9 Å². The van der Waals surface area contributed by atoms with Gasteiger partial charge in [0.05, 0.1) is 18.6 Å². The van der Waals surface area contributed by atoms with Crippen molar-refractivity contribution in [3.63, 3.8) is 0 Å². The van der Waals surface area contributed by atoms with Crippen LogP contribution < -0.4 is 5.73 Å². The third-order valence-electron chi connectivity index (χ3n) is 12.3. The Hall–Kier alpha value is -3.84. The van der Waals surface area contributed by atoms with E-state index in [2.05, 4.69) is 111 Å². The Bertz CT molecular complexity index is 1520. The molecule has 4 aliphatic rings. The lowest BCUT2D eigenvalue weighted by atomic mass is 9.86. The van der Waals surface area contributed by atoms with Crippen molar-refractivity contribution < 1.29 is 0 Å². The van der Waals surface area contributed by atoms with E-state index in [1.54, 1.807) is 0 Å². The molecular formula is C44H61N7. The van der Waals surface area contributed by atoms with Gasteiger partial charge in [0, 0.05) is 38.3 Å². The van der Waals surface area contributed by atoms with Gasteiger partial charge < -0.3 is 20.4 Å². The molecule has 1 unspecified atom stereocenters. The van der Waals surface area contributed by atoms with E-state index in [4.69, 9.17) is 10.7 Å². The highest BCUT2D eigenvalue weighted by Gasteiger charge is 2.40. The third-order valence-corrected chi connectivity index (χ3v) is 12.3. The molecule has 3 fully saturated rings. The Morgan fingerprint density at radius 3 is 2.04 bits per heavy atom. The molecule has 272 valence electrons. The minimum atomic E-state index is 0.232. The molecule has 0 radical (unpaired) electrons. The van der Waals surface area contributed by atoms with Crippen molar-refractivity contribution in [2.45, 2.75) is 108 Å². The summed E-state index contributed by atoms with van der Waals surface area (Å²) in [5.74, 6) is 2.37. The SMILES string of the molecule is N=C1N(CCCCC2CCCCC2)[C@@H](Cc2ccccc2)CN1[C@@H](Cc1ccccc1)CN1CCCC1CN1C(N)=NC[C@@H]1Cc1ccccc1. The zero-order chi connectivity index (χ0) is 34.8. The average Bonchev–Trinajstić information content (AvgIpc) is 3.85. The number of nitrogens with zero attached hydrogens (tertiary/aromatic N) is 5. The van der Waals surface area contributed by atoms with E-state index in [0.717, 1.165) is 70.4 Å². The van der Waals surface area contributed by atoms with Crippen molar-refractivity contribution in [2.24, 2.45) is 16.6 Å². The number of hydrogen-bond donors (Lipinski definition) is 2. The quantitative estimate of drug-likeness (QED) is 0.156. The molecule has 7 nitrogen and oxygen atoms in total. The topological polar surface area (TPSA) is 75.2 Å². The minimum Gasteiger partial charge on any atom is -0.370 e. The van der Waals surface area contributed by atoms with Gasteiger partial charge in [-0.05, 0) is 67.7 Å². The number of nitrogens with one attached hydrogen (secondary N) is 1. The maximum absolute atomic E-state index is 9.74. The van der Waals surface area contributed by atoms with Crippen LogP contribution in [0, 0.1) is 11.3 Å². The second-order valence-electron chi connectivity index (χ2n) is 15.8. The summed E-state index contributed by atoms with van der Waals surface area (Å²) in [6, 6.07) is 34.0. The Morgan fingerprint density at radius 1 is 0.706 bits per heavy atom. The fraction of sp³-hybridized carbons (Fsp3) is 0.545. The summed E-state index contributed by atoms with van der Waals surface area (Å²) in [6.45, 7) is 5.66. The summed E-state index contributed by atoms with van der Waals surface area (Å²) >= 11 is 0. The van der Waals surface area contributed by atoms with Gasteiger partial charge in [-0.2, -0.15) is 0 Å². The number of rotatable bonds is 16. The molecule has 3 aliphatic heterocycles. The first-order chi connectivity index (χ1) is 25.1. The van der Waals surface area contributed by atoms with Crippen LogP contribution in [0.4, 0.5) is 0 Å². The Kier molecular flexibility index (Phi) is 12.3. The van der Waals surface area contributed by atoms with E-state index in [9.17, 15) is 5.41 Å². The lowest BCUT2D eigenvalue weighted by Crippen LogP contribution is -2.52. The molecule has 3 aromatic rings. The molecule has 1 aliphatic carbocycles. The van der Waals surface area contributed by atoms with Crippen molar-refractivity contribution in [1.82, 2.24) is 19.6 Å². The highest BCUT2D eigenvalue weighted by atomic mass is 15.5. The zero-order valence-corrected chi connectivity index (χ0v) is 30.8. The summed E-state index contributed by atoms with van der Waals surface area (Å²) in [7, 11) is 0. The van der Waals surface area contributed by atoms with E-state index in [1.807, 2.05) is 0 Å². The van der Waals surface area contributed by atoms with E-state index in [0.29, 0.717) is 24.1 Å². The highest BCUT2D eigenvalue weighted by molar-refractivity contribution is 5.80. The molecule has 3 N–H and O–H groups in total. The molecule has 2 saturated heterocycles. The predicted octanol–water partition coefficient (Wildman–Crippen LogP) is 7.22. The first-order valence-corrected chi connectivity index (χ1v) is 20.1. The standard InChI is InChI=1S/C44H61N7/c45-43-47-31-40(28-36-19-7-2-8-20-36)50(43)33-39-25-15-26-48(39)32-41(29-37-21-9-3-10-22-37)51-34-42(30-38-23-11-4-12-24-38)49(44(51)46)27-14-13-18-35-16-5-1-6-17-35/h2-4,7-12,19-24,35,39-42,46H,1,5-6,13-18,25-34H2,(H2,45,47)/t39?,40-,41-,42-/m0/s1. The number of benzene rings is 3. The third kappa shape index (κ3) is 9.34. The van der Waals surface area contributed by atoms with Crippen molar-refractivity contribution in [2.75, 3.05) is 39.3 Å². The Labute approximate surface area is 307 Å². The van der Waals surface area contributed by atoms with Gasteiger partial charge in [-0.15, -0.1) is 0 Å². The summed E-state index contributed by atoms with van der Waals surface area (Å²) in [5.41, 5.74) is 10.6. The van der Waals surface area contributed by atoms with Crippen LogP contribution in [0.2, 0.25) is 0 Å². The van der Waals surface area contributed by atoms with Gasteiger partial charge in [0.15, 0.2) is 11.9 Å². The van der Waals surface area contributed by atoms with Crippen LogP contribution in [-0.2, 0) is 19.3 Å². The maximum Gasteiger partial charge on any atom is 0.194 e. The van der Waals surface area contributed by atoms with Gasteiger partial charge in [0.1, 0.15) is 0 Å². The lowest BCUT2D eigenvalue weighted by molar-refractivity contribution is 0.157. The first kappa shape index (κ1) is 35.6. The van der Waals surface area contributed by atoms with E-state index in [1.165, 1.54) is 80.9 Å². The van der Waals surface area contributed by atoms with E-state index < -0.39 is 0 Å². The molecule has 0 bridgehead atoms. The monoisotopic (exact) mass is 687 g/mol. The first-order valence-electron chi connectivity index (χ1n) is 20.1. The number of aliphatic imine (C=N–C) groups is 1.